The fourth-order valence-electron chi connectivity index (χ4n) is 3.16. The van der Waals surface area contributed by atoms with Gasteiger partial charge in [0.2, 0.25) is 5.91 Å². The van der Waals surface area contributed by atoms with Crippen molar-refractivity contribution in [1.29, 1.82) is 0 Å². The van der Waals surface area contributed by atoms with E-state index in [0.29, 0.717) is 25.7 Å². The number of para-hydroxylation sites is 1. The van der Waals surface area contributed by atoms with E-state index in [1.165, 1.54) is 19.3 Å². The first-order valence-corrected chi connectivity index (χ1v) is 8.05. The molecule has 0 aliphatic carbocycles. The molecule has 0 saturated carbocycles. The summed E-state index contributed by atoms with van der Waals surface area (Å²) in [6.07, 6.45) is 4.60. The van der Waals surface area contributed by atoms with Gasteiger partial charge >= 0.3 is 0 Å². The number of rotatable bonds is 6. The van der Waals surface area contributed by atoms with Gasteiger partial charge in [-0.1, -0.05) is 24.6 Å². The monoisotopic (exact) mass is 289 g/mol. The molecule has 116 valence electrons. The summed E-state index contributed by atoms with van der Waals surface area (Å²) in [5.41, 5.74) is 6.69. The topological polar surface area (TPSA) is 49.6 Å². The Kier molecular flexibility index (Phi) is 6.21. The molecule has 2 N–H and O–H groups in total. The summed E-state index contributed by atoms with van der Waals surface area (Å²) in [7, 11) is 0. The molecule has 0 bridgehead atoms. The van der Waals surface area contributed by atoms with Gasteiger partial charge in [0.05, 0.1) is 6.54 Å². The summed E-state index contributed by atoms with van der Waals surface area (Å²) < 4.78 is 0. The van der Waals surface area contributed by atoms with Crippen LogP contribution in [0.15, 0.2) is 30.3 Å². The molecule has 4 heteroatoms. The zero-order chi connectivity index (χ0) is 15.1. The Labute approximate surface area is 127 Å². The lowest BCUT2D eigenvalue weighted by Gasteiger charge is -2.36. The number of likely N-dealkylation sites (tertiary alicyclic amines) is 1. The van der Waals surface area contributed by atoms with Crippen LogP contribution < -0.4 is 10.6 Å². The number of carbonyl (C=O) groups is 1. The quantitative estimate of drug-likeness (QED) is 0.874. The summed E-state index contributed by atoms with van der Waals surface area (Å²) in [5.74, 6) is 0.188. The maximum absolute atomic E-state index is 12.6. The number of amides is 1. The molecular weight excluding hydrogens is 262 g/mol. The van der Waals surface area contributed by atoms with Crippen molar-refractivity contribution < 1.29 is 4.79 Å². The minimum absolute atomic E-state index is 0.188. The molecule has 1 aromatic rings. The second kappa shape index (κ2) is 8.15. The molecule has 21 heavy (non-hydrogen) atoms. The second-order valence-corrected chi connectivity index (χ2v) is 5.67. The van der Waals surface area contributed by atoms with Gasteiger partial charge in [-0.3, -0.25) is 9.69 Å². The summed E-state index contributed by atoms with van der Waals surface area (Å²) in [6, 6.07) is 10.4. The van der Waals surface area contributed by atoms with Crippen molar-refractivity contribution in [3.8, 4) is 0 Å². The van der Waals surface area contributed by atoms with Crippen LogP contribution in [0.25, 0.3) is 0 Å². The molecule has 4 nitrogen and oxygen atoms in total. The highest BCUT2D eigenvalue weighted by Gasteiger charge is 2.25. The average molecular weight is 289 g/mol. The number of likely N-dealkylation sites (N-methyl/N-ethyl adjacent to an activating group) is 1. The van der Waals surface area contributed by atoms with Crippen molar-refractivity contribution in [1.82, 2.24) is 4.90 Å². The molecule has 1 aliphatic heterocycles. The molecule has 1 fully saturated rings. The Hall–Kier alpha value is -1.39. The van der Waals surface area contributed by atoms with Crippen LogP contribution in [-0.4, -0.2) is 43.0 Å². The number of hydrogen-bond donors (Lipinski definition) is 1. The third-order valence-electron chi connectivity index (χ3n) is 4.27. The van der Waals surface area contributed by atoms with Gasteiger partial charge in [0.15, 0.2) is 0 Å². The first-order chi connectivity index (χ1) is 10.3. The first-order valence-electron chi connectivity index (χ1n) is 8.05. The van der Waals surface area contributed by atoms with E-state index < -0.39 is 0 Å². The number of nitrogens with two attached hydrogens (primary N) is 1. The van der Waals surface area contributed by atoms with Gasteiger partial charge in [-0.25, -0.2) is 0 Å². The van der Waals surface area contributed by atoms with Crippen LogP contribution >= 0.6 is 0 Å². The molecule has 0 spiro atoms. The SMILES string of the molecule is CCN(C(=O)CN1CCCCC1CCN)c1ccccc1. The van der Waals surface area contributed by atoms with Gasteiger partial charge in [0.25, 0.3) is 0 Å². The van der Waals surface area contributed by atoms with Crippen molar-refractivity contribution in [2.45, 2.75) is 38.6 Å². The lowest BCUT2D eigenvalue weighted by molar-refractivity contribution is -0.120. The van der Waals surface area contributed by atoms with E-state index in [1.807, 2.05) is 42.2 Å². The van der Waals surface area contributed by atoms with Crippen LogP contribution in [0.5, 0.6) is 0 Å². The van der Waals surface area contributed by atoms with Gasteiger partial charge in [-0.05, 0) is 51.4 Å². The highest BCUT2D eigenvalue weighted by molar-refractivity contribution is 5.94. The molecule has 1 heterocycles. The zero-order valence-corrected chi connectivity index (χ0v) is 13.0. The van der Waals surface area contributed by atoms with E-state index in [1.54, 1.807) is 0 Å². The van der Waals surface area contributed by atoms with E-state index in [2.05, 4.69) is 4.90 Å². The fourth-order valence-corrected chi connectivity index (χ4v) is 3.16. The maximum Gasteiger partial charge on any atom is 0.241 e. The molecule has 1 unspecified atom stereocenters. The molecule has 0 aromatic heterocycles. The summed E-state index contributed by atoms with van der Waals surface area (Å²) in [5, 5.41) is 0. The van der Waals surface area contributed by atoms with Crippen molar-refractivity contribution >= 4 is 11.6 Å². The van der Waals surface area contributed by atoms with Crippen LogP contribution in [0.2, 0.25) is 0 Å². The Morgan fingerprint density at radius 1 is 1.33 bits per heavy atom. The van der Waals surface area contributed by atoms with Crippen molar-refractivity contribution in [2.24, 2.45) is 5.73 Å². The minimum Gasteiger partial charge on any atom is -0.330 e. The van der Waals surface area contributed by atoms with Gasteiger partial charge in [0.1, 0.15) is 0 Å². The lowest BCUT2D eigenvalue weighted by Crippen LogP contribution is -2.47. The molecule has 1 aromatic carbocycles. The molecular formula is C17H27N3O. The highest BCUT2D eigenvalue weighted by Crippen LogP contribution is 2.20. The fraction of sp³-hybridized carbons (Fsp3) is 0.588. The zero-order valence-electron chi connectivity index (χ0n) is 13.0. The van der Waals surface area contributed by atoms with Crippen LogP contribution in [0, 0.1) is 0 Å². The van der Waals surface area contributed by atoms with Gasteiger partial charge < -0.3 is 10.6 Å². The maximum atomic E-state index is 12.6. The van der Waals surface area contributed by atoms with E-state index in [4.69, 9.17) is 5.73 Å². The molecule has 1 amide bonds. The third-order valence-corrected chi connectivity index (χ3v) is 4.27. The average Bonchev–Trinajstić information content (AvgIpc) is 2.51. The van der Waals surface area contributed by atoms with Crippen LogP contribution in [0.3, 0.4) is 0 Å². The second-order valence-electron chi connectivity index (χ2n) is 5.67. The number of piperidine rings is 1. The number of benzene rings is 1. The highest BCUT2D eigenvalue weighted by atomic mass is 16.2. The molecule has 1 aliphatic rings. The third kappa shape index (κ3) is 4.29. The number of carbonyl (C=O) groups excluding carboxylic acids is 1. The lowest BCUT2D eigenvalue weighted by atomic mass is 9.99. The smallest absolute Gasteiger partial charge is 0.241 e. The Bertz CT molecular complexity index is 433. The van der Waals surface area contributed by atoms with E-state index in [9.17, 15) is 4.79 Å². The van der Waals surface area contributed by atoms with Gasteiger partial charge in [-0.15, -0.1) is 0 Å². The molecule has 1 saturated heterocycles. The number of hydrogen-bond acceptors (Lipinski definition) is 3. The van der Waals surface area contributed by atoms with Crippen molar-refractivity contribution in [2.75, 3.05) is 31.1 Å². The predicted molar refractivity (Wildman–Crippen MR) is 87.4 cm³/mol. The number of nitrogens with zero attached hydrogens (tertiary/aromatic N) is 2. The molecule has 2 rings (SSSR count). The van der Waals surface area contributed by atoms with E-state index >= 15 is 0 Å². The van der Waals surface area contributed by atoms with E-state index in [0.717, 1.165) is 18.7 Å². The van der Waals surface area contributed by atoms with E-state index in [-0.39, 0.29) is 5.91 Å². The minimum atomic E-state index is 0.188. The Morgan fingerprint density at radius 2 is 2.10 bits per heavy atom. The standard InChI is InChI=1S/C17H27N3O/c1-2-20(16-9-4-3-5-10-16)17(21)14-19-13-7-6-8-15(19)11-12-18/h3-5,9-10,15H,2,6-8,11-14,18H2,1H3. The van der Waals surface area contributed by atoms with Crippen molar-refractivity contribution in [3.05, 3.63) is 30.3 Å². The van der Waals surface area contributed by atoms with Crippen molar-refractivity contribution in [3.63, 3.8) is 0 Å². The van der Waals surface area contributed by atoms with Gasteiger partial charge in [0, 0.05) is 18.3 Å². The predicted octanol–water partition coefficient (Wildman–Crippen LogP) is 2.24. The van der Waals surface area contributed by atoms with Crippen LogP contribution in [-0.2, 0) is 4.79 Å². The van der Waals surface area contributed by atoms with Crippen LogP contribution in [0.1, 0.15) is 32.6 Å². The Balaban J connectivity index is 2.01. The van der Waals surface area contributed by atoms with Gasteiger partial charge in [-0.2, -0.15) is 0 Å². The van der Waals surface area contributed by atoms with Crippen LogP contribution in [0.4, 0.5) is 5.69 Å². The summed E-state index contributed by atoms with van der Waals surface area (Å²) in [6.45, 7) is 4.96. The largest absolute Gasteiger partial charge is 0.330 e. The number of anilines is 1. The summed E-state index contributed by atoms with van der Waals surface area (Å²) >= 11 is 0. The first kappa shape index (κ1) is 16.0. The molecule has 1 atom stereocenters. The molecule has 0 radical (unpaired) electrons. The summed E-state index contributed by atoms with van der Waals surface area (Å²) in [4.78, 5) is 16.8. The Morgan fingerprint density at radius 3 is 2.76 bits per heavy atom. The normalized spacial score (nSPS) is 19.4.